The van der Waals surface area contributed by atoms with Gasteiger partial charge in [0.15, 0.2) is 0 Å². The van der Waals surface area contributed by atoms with Gasteiger partial charge in [-0.25, -0.2) is 12.8 Å². The zero-order valence-corrected chi connectivity index (χ0v) is 8.82. The molecular formula is C5H11FO5S2. The molecule has 1 unspecified atom stereocenters. The van der Waals surface area contributed by atoms with Crippen molar-refractivity contribution >= 4 is 20.0 Å². The molecule has 0 radical (unpaired) electrons. The second-order valence-electron chi connectivity index (χ2n) is 2.39. The maximum absolute atomic E-state index is 13.4. The van der Waals surface area contributed by atoms with E-state index in [2.05, 4.69) is 0 Å². The molecule has 0 saturated heterocycles. The molecule has 0 aliphatic rings. The predicted octanol–water partition coefficient (Wildman–Crippen LogP) is 0.342. The van der Waals surface area contributed by atoms with E-state index in [0.717, 1.165) is 13.8 Å². The highest BCUT2D eigenvalue weighted by Crippen LogP contribution is 2.29. The Morgan fingerprint density at radius 2 is 1.62 bits per heavy atom. The first-order valence-corrected chi connectivity index (χ1v) is 6.60. The highest BCUT2D eigenvalue weighted by molar-refractivity contribution is 8.07. The van der Waals surface area contributed by atoms with Gasteiger partial charge in [-0.05, 0) is 0 Å². The van der Waals surface area contributed by atoms with Gasteiger partial charge in [-0.3, -0.25) is 4.55 Å². The molecule has 1 N–H and O–H groups in total. The molecule has 13 heavy (non-hydrogen) atoms. The van der Waals surface area contributed by atoms with Crippen molar-refractivity contribution in [3.8, 4) is 0 Å². The number of alkyl halides is 1. The molecular weight excluding hydrogens is 223 g/mol. The van der Waals surface area contributed by atoms with Crippen LogP contribution in [0.2, 0.25) is 0 Å². The highest BCUT2D eigenvalue weighted by Gasteiger charge is 2.53. The Labute approximate surface area is 76.6 Å². The Kier molecular flexibility index (Phi) is 3.45. The summed E-state index contributed by atoms with van der Waals surface area (Å²) in [5.74, 6) is -0.683. The van der Waals surface area contributed by atoms with Gasteiger partial charge >= 0.3 is 14.5 Å². The highest BCUT2D eigenvalue weighted by atomic mass is 32.3. The van der Waals surface area contributed by atoms with Gasteiger partial charge in [0, 0.05) is 6.42 Å². The fourth-order valence-corrected chi connectivity index (χ4v) is 3.65. The second-order valence-corrected chi connectivity index (χ2v) is 6.70. The van der Waals surface area contributed by atoms with E-state index in [1.807, 2.05) is 0 Å². The van der Waals surface area contributed by atoms with Crippen LogP contribution < -0.4 is 0 Å². The molecule has 0 spiro atoms. The summed E-state index contributed by atoms with van der Waals surface area (Å²) < 4.78 is 61.2. The molecule has 0 aliphatic heterocycles. The quantitative estimate of drug-likeness (QED) is 0.709. The Morgan fingerprint density at radius 3 is 1.69 bits per heavy atom. The van der Waals surface area contributed by atoms with Crippen molar-refractivity contribution in [2.24, 2.45) is 0 Å². The summed E-state index contributed by atoms with van der Waals surface area (Å²) >= 11 is 0. The number of hydrogen-bond donors (Lipinski definition) is 1. The molecule has 5 nitrogen and oxygen atoms in total. The van der Waals surface area contributed by atoms with Crippen LogP contribution in [0.4, 0.5) is 4.39 Å². The zero-order chi connectivity index (χ0) is 10.9. The van der Waals surface area contributed by atoms with E-state index in [0.29, 0.717) is 0 Å². The van der Waals surface area contributed by atoms with Crippen molar-refractivity contribution in [3.05, 3.63) is 0 Å². The second kappa shape index (κ2) is 3.50. The third kappa shape index (κ3) is 2.00. The Hall–Kier alpha value is -0.210. The lowest BCUT2D eigenvalue weighted by Gasteiger charge is -2.19. The van der Waals surface area contributed by atoms with E-state index >= 15 is 0 Å². The van der Waals surface area contributed by atoms with Crippen LogP contribution >= 0.6 is 0 Å². The van der Waals surface area contributed by atoms with Crippen LogP contribution in [0.3, 0.4) is 0 Å². The summed E-state index contributed by atoms with van der Waals surface area (Å²) in [6, 6.07) is 0. The van der Waals surface area contributed by atoms with Crippen LogP contribution in [0.25, 0.3) is 0 Å². The van der Waals surface area contributed by atoms with Gasteiger partial charge in [0.2, 0.25) is 9.84 Å². The van der Waals surface area contributed by atoms with E-state index in [4.69, 9.17) is 4.55 Å². The third-order valence-corrected chi connectivity index (χ3v) is 6.08. The lowest BCUT2D eigenvalue weighted by molar-refractivity contribution is 0.317. The van der Waals surface area contributed by atoms with Crippen LogP contribution in [0.5, 0.6) is 0 Å². The molecule has 0 heterocycles. The van der Waals surface area contributed by atoms with E-state index < -0.39 is 36.5 Å². The van der Waals surface area contributed by atoms with Gasteiger partial charge in [-0.2, -0.15) is 8.42 Å². The third-order valence-electron chi connectivity index (χ3n) is 1.65. The minimum Gasteiger partial charge on any atom is -0.282 e. The molecule has 0 bridgehead atoms. The number of halogens is 1. The monoisotopic (exact) mass is 234 g/mol. The number of hydrogen-bond acceptors (Lipinski definition) is 4. The predicted molar refractivity (Wildman–Crippen MR) is 45.1 cm³/mol. The maximum Gasteiger partial charge on any atom is 0.333 e. The number of sulfone groups is 1. The minimum absolute atomic E-state index is 0.683. The first kappa shape index (κ1) is 12.8. The fraction of sp³-hybridized carbons (Fsp3) is 1.00. The first-order chi connectivity index (χ1) is 5.62. The standard InChI is InChI=1S/C5H11FO5S2/c1-3-5(6,13(9,10)11)12(7,8)4-2/h3-4H2,1-2H3,(H,9,10,11). The summed E-state index contributed by atoms with van der Waals surface area (Å²) in [4.78, 5) is 0. The van der Waals surface area contributed by atoms with Crippen LogP contribution in [-0.2, 0) is 20.0 Å². The van der Waals surface area contributed by atoms with Crippen LogP contribution in [0.15, 0.2) is 0 Å². The normalized spacial score (nSPS) is 18.2. The molecule has 80 valence electrons. The van der Waals surface area contributed by atoms with Gasteiger partial charge in [0.25, 0.3) is 0 Å². The first-order valence-electron chi connectivity index (χ1n) is 3.50. The lowest BCUT2D eigenvalue weighted by atomic mass is 10.5. The summed E-state index contributed by atoms with van der Waals surface area (Å²) in [5, 5.41) is 0. The van der Waals surface area contributed by atoms with Crippen molar-refractivity contribution in [1.29, 1.82) is 0 Å². The molecule has 0 aromatic heterocycles. The molecule has 8 heteroatoms. The van der Waals surface area contributed by atoms with Gasteiger partial charge in [-0.15, -0.1) is 0 Å². The summed E-state index contributed by atoms with van der Waals surface area (Å²) in [5.41, 5.74) is 0. The minimum atomic E-state index is -5.24. The number of rotatable bonds is 4. The van der Waals surface area contributed by atoms with E-state index in [9.17, 15) is 21.2 Å². The van der Waals surface area contributed by atoms with Gasteiger partial charge in [0.05, 0.1) is 5.75 Å². The molecule has 0 aromatic rings. The topological polar surface area (TPSA) is 88.5 Å². The molecule has 0 aliphatic carbocycles. The Balaban J connectivity index is 5.62. The molecule has 0 fully saturated rings. The SMILES string of the molecule is CCC(F)(S(=O)(=O)O)S(=O)(=O)CC. The van der Waals surface area contributed by atoms with Gasteiger partial charge in [0.1, 0.15) is 0 Å². The molecule has 0 aromatic carbocycles. The Bertz CT molecular complexity index is 370. The fourth-order valence-electron chi connectivity index (χ4n) is 0.778. The van der Waals surface area contributed by atoms with Crippen molar-refractivity contribution in [2.45, 2.75) is 24.6 Å². The van der Waals surface area contributed by atoms with E-state index in [-0.39, 0.29) is 0 Å². The van der Waals surface area contributed by atoms with Crippen molar-refractivity contribution < 1.29 is 25.8 Å². The summed E-state index contributed by atoms with van der Waals surface area (Å²) in [7, 11) is -9.71. The summed E-state index contributed by atoms with van der Waals surface area (Å²) in [6.45, 7) is 2.13. The largest absolute Gasteiger partial charge is 0.333 e. The van der Waals surface area contributed by atoms with E-state index in [1.165, 1.54) is 0 Å². The lowest BCUT2D eigenvalue weighted by Crippen LogP contribution is -2.42. The average molecular weight is 234 g/mol. The smallest absolute Gasteiger partial charge is 0.282 e. The zero-order valence-electron chi connectivity index (χ0n) is 7.19. The van der Waals surface area contributed by atoms with E-state index in [1.54, 1.807) is 0 Å². The maximum atomic E-state index is 13.4. The van der Waals surface area contributed by atoms with Crippen LogP contribution in [0, 0.1) is 0 Å². The molecule has 0 rings (SSSR count). The summed E-state index contributed by atoms with van der Waals surface area (Å²) in [6.07, 6.45) is -0.831. The Morgan fingerprint density at radius 1 is 1.23 bits per heavy atom. The van der Waals surface area contributed by atoms with Crippen LogP contribution in [-0.4, -0.2) is 31.5 Å². The molecule has 0 saturated carbocycles. The molecule has 1 atom stereocenters. The van der Waals surface area contributed by atoms with Crippen molar-refractivity contribution in [1.82, 2.24) is 0 Å². The van der Waals surface area contributed by atoms with Crippen molar-refractivity contribution in [3.63, 3.8) is 0 Å². The van der Waals surface area contributed by atoms with Crippen molar-refractivity contribution in [2.75, 3.05) is 5.75 Å². The van der Waals surface area contributed by atoms with Crippen LogP contribution in [0.1, 0.15) is 20.3 Å². The molecule has 0 amide bonds. The van der Waals surface area contributed by atoms with Gasteiger partial charge in [-0.1, -0.05) is 13.8 Å². The van der Waals surface area contributed by atoms with Gasteiger partial charge < -0.3 is 0 Å². The average Bonchev–Trinajstić information content (AvgIpc) is 2.00.